The van der Waals surface area contributed by atoms with Crippen molar-refractivity contribution in [3.05, 3.63) is 36.0 Å². The molecular weight excluding hydrogens is 226 g/mol. The molecule has 1 aromatic heterocycles. The van der Waals surface area contributed by atoms with Crippen LogP contribution in [0.5, 0.6) is 5.75 Å². The van der Waals surface area contributed by atoms with Crippen molar-refractivity contribution in [3.63, 3.8) is 0 Å². The third-order valence-electron chi connectivity index (χ3n) is 2.95. The highest BCUT2D eigenvalue weighted by Crippen LogP contribution is 2.29. The predicted octanol–water partition coefficient (Wildman–Crippen LogP) is 2.58. The van der Waals surface area contributed by atoms with Gasteiger partial charge in [0.15, 0.2) is 0 Å². The van der Waals surface area contributed by atoms with E-state index in [9.17, 15) is 0 Å². The number of aryl methyl sites for hydroxylation is 1. The molecule has 0 bridgehead atoms. The molecule has 0 radical (unpaired) electrons. The summed E-state index contributed by atoms with van der Waals surface area (Å²) >= 11 is 0. The highest BCUT2D eigenvalue weighted by Gasteiger charge is 2.23. The maximum absolute atomic E-state index is 5.71. The fourth-order valence-electron chi connectivity index (χ4n) is 1.82. The molecule has 0 saturated heterocycles. The summed E-state index contributed by atoms with van der Waals surface area (Å²) in [6.45, 7) is 1.98. The Labute approximate surface area is 106 Å². The number of aromatic nitrogens is 2. The zero-order valence-corrected chi connectivity index (χ0v) is 10.3. The SMILES string of the molecule is Cc1cnc(N)nc1-c1ccc(OC2CC2)cc1. The lowest BCUT2D eigenvalue weighted by atomic mass is 10.1. The molecule has 92 valence electrons. The van der Waals surface area contributed by atoms with Crippen LogP contribution < -0.4 is 10.5 Å². The van der Waals surface area contributed by atoms with Crippen molar-refractivity contribution in [1.82, 2.24) is 9.97 Å². The second-order valence-corrected chi connectivity index (χ2v) is 4.60. The second-order valence-electron chi connectivity index (χ2n) is 4.60. The maximum atomic E-state index is 5.71. The fourth-order valence-corrected chi connectivity index (χ4v) is 1.82. The molecule has 0 aliphatic heterocycles. The monoisotopic (exact) mass is 241 g/mol. The summed E-state index contributed by atoms with van der Waals surface area (Å²) in [5.41, 5.74) is 8.54. The van der Waals surface area contributed by atoms with Crippen molar-refractivity contribution in [2.45, 2.75) is 25.9 Å². The van der Waals surface area contributed by atoms with E-state index in [1.807, 2.05) is 31.2 Å². The highest BCUT2D eigenvalue weighted by atomic mass is 16.5. The van der Waals surface area contributed by atoms with Gasteiger partial charge >= 0.3 is 0 Å². The number of hydrogen-bond acceptors (Lipinski definition) is 4. The quantitative estimate of drug-likeness (QED) is 0.897. The zero-order valence-electron chi connectivity index (χ0n) is 10.3. The first-order valence-electron chi connectivity index (χ1n) is 6.08. The van der Waals surface area contributed by atoms with Gasteiger partial charge in [0.05, 0.1) is 11.8 Å². The number of anilines is 1. The molecule has 1 heterocycles. The smallest absolute Gasteiger partial charge is 0.220 e. The molecule has 18 heavy (non-hydrogen) atoms. The predicted molar refractivity (Wildman–Crippen MR) is 70.3 cm³/mol. The third kappa shape index (κ3) is 2.27. The third-order valence-corrected chi connectivity index (χ3v) is 2.95. The Kier molecular flexibility index (Phi) is 2.63. The van der Waals surface area contributed by atoms with Crippen LogP contribution in [0.15, 0.2) is 30.5 Å². The van der Waals surface area contributed by atoms with E-state index in [4.69, 9.17) is 10.5 Å². The average Bonchev–Trinajstić information content (AvgIpc) is 3.17. The van der Waals surface area contributed by atoms with Crippen molar-refractivity contribution in [3.8, 4) is 17.0 Å². The largest absolute Gasteiger partial charge is 0.490 e. The molecule has 1 aliphatic rings. The lowest BCUT2D eigenvalue weighted by Gasteiger charge is -2.07. The molecule has 1 fully saturated rings. The molecule has 1 aromatic carbocycles. The van der Waals surface area contributed by atoms with E-state index in [1.54, 1.807) is 6.20 Å². The van der Waals surface area contributed by atoms with E-state index in [0.717, 1.165) is 22.6 Å². The summed E-state index contributed by atoms with van der Waals surface area (Å²) in [5, 5.41) is 0. The Morgan fingerprint density at radius 3 is 2.61 bits per heavy atom. The van der Waals surface area contributed by atoms with Crippen molar-refractivity contribution in [1.29, 1.82) is 0 Å². The minimum Gasteiger partial charge on any atom is -0.490 e. The van der Waals surface area contributed by atoms with Crippen LogP contribution in [0.2, 0.25) is 0 Å². The van der Waals surface area contributed by atoms with Crippen LogP contribution in [0.4, 0.5) is 5.95 Å². The number of ether oxygens (including phenoxy) is 1. The van der Waals surface area contributed by atoms with Crippen LogP contribution in [0.3, 0.4) is 0 Å². The van der Waals surface area contributed by atoms with Gasteiger partial charge in [-0.05, 0) is 49.6 Å². The molecule has 2 N–H and O–H groups in total. The van der Waals surface area contributed by atoms with Gasteiger partial charge in [0.25, 0.3) is 0 Å². The number of rotatable bonds is 3. The Balaban J connectivity index is 1.88. The number of nitrogens with two attached hydrogens (primary N) is 1. The molecule has 2 aromatic rings. The van der Waals surface area contributed by atoms with Crippen LogP contribution >= 0.6 is 0 Å². The number of nitrogen functional groups attached to an aromatic ring is 1. The lowest BCUT2D eigenvalue weighted by molar-refractivity contribution is 0.303. The molecule has 4 nitrogen and oxygen atoms in total. The number of benzene rings is 1. The minimum atomic E-state index is 0.300. The summed E-state index contributed by atoms with van der Waals surface area (Å²) in [5.74, 6) is 1.22. The van der Waals surface area contributed by atoms with Gasteiger partial charge in [-0.25, -0.2) is 9.97 Å². The molecule has 0 amide bonds. The summed E-state index contributed by atoms with van der Waals surface area (Å²) in [7, 11) is 0. The molecule has 0 atom stereocenters. The van der Waals surface area contributed by atoms with E-state index in [-0.39, 0.29) is 0 Å². The number of nitrogens with zero attached hydrogens (tertiary/aromatic N) is 2. The van der Waals surface area contributed by atoms with Crippen LogP contribution in [0, 0.1) is 6.92 Å². The molecular formula is C14H15N3O. The van der Waals surface area contributed by atoms with Crippen LogP contribution in [0.25, 0.3) is 11.3 Å². The van der Waals surface area contributed by atoms with Gasteiger partial charge in [0, 0.05) is 11.8 Å². The highest BCUT2D eigenvalue weighted by molar-refractivity contribution is 5.64. The van der Waals surface area contributed by atoms with Crippen molar-refractivity contribution < 1.29 is 4.74 Å². The van der Waals surface area contributed by atoms with Gasteiger partial charge in [0.2, 0.25) is 5.95 Å². The maximum Gasteiger partial charge on any atom is 0.220 e. The molecule has 4 heteroatoms. The van der Waals surface area contributed by atoms with Gasteiger partial charge in [-0.3, -0.25) is 0 Å². The Hall–Kier alpha value is -2.10. The van der Waals surface area contributed by atoms with Crippen molar-refractivity contribution in [2.24, 2.45) is 0 Å². The zero-order chi connectivity index (χ0) is 12.5. The minimum absolute atomic E-state index is 0.300. The first-order valence-corrected chi connectivity index (χ1v) is 6.08. The Bertz CT molecular complexity index is 562. The van der Waals surface area contributed by atoms with Crippen LogP contribution in [-0.2, 0) is 0 Å². The first kappa shape index (κ1) is 11.0. The van der Waals surface area contributed by atoms with Gasteiger partial charge in [-0.2, -0.15) is 0 Å². The standard InChI is InChI=1S/C14H15N3O/c1-9-8-16-14(15)17-13(9)10-2-4-11(5-3-10)18-12-6-7-12/h2-5,8,12H,6-7H2,1H3,(H2,15,16,17). The average molecular weight is 241 g/mol. The van der Waals surface area contributed by atoms with Crippen LogP contribution in [-0.4, -0.2) is 16.1 Å². The van der Waals surface area contributed by atoms with Crippen molar-refractivity contribution >= 4 is 5.95 Å². The molecule has 0 unspecified atom stereocenters. The van der Waals surface area contributed by atoms with E-state index in [1.165, 1.54) is 12.8 Å². The van der Waals surface area contributed by atoms with Crippen LogP contribution in [0.1, 0.15) is 18.4 Å². The molecule has 1 saturated carbocycles. The first-order chi connectivity index (χ1) is 8.72. The molecule has 0 spiro atoms. The van der Waals surface area contributed by atoms with Gasteiger partial charge in [0.1, 0.15) is 5.75 Å². The van der Waals surface area contributed by atoms with E-state index in [0.29, 0.717) is 12.1 Å². The summed E-state index contributed by atoms with van der Waals surface area (Å²) in [4.78, 5) is 8.24. The summed E-state index contributed by atoms with van der Waals surface area (Å²) in [6.07, 6.45) is 4.51. The number of hydrogen-bond donors (Lipinski definition) is 1. The molecule has 3 rings (SSSR count). The van der Waals surface area contributed by atoms with Crippen molar-refractivity contribution in [2.75, 3.05) is 5.73 Å². The molecule has 1 aliphatic carbocycles. The fraction of sp³-hybridized carbons (Fsp3) is 0.286. The second kappa shape index (κ2) is 4.29. The van der Waals surface area contributed by atoms with E-state index < -0.39 is 0 Å². The normalized spacial score (nSPS) is 14.5. The Morgan fingerprint density at radius 1 is 1.22 bits per heavy atom. The van der Waals surface area contributed by atoms with E-state index >= 15 is 0 Å². The van der Waals surface area contributed by atoms with Gasteiger partial charge < -0.3 is 10.5 Å². The Morgan fingerprint density at radius 2 is 1.94 bits per heavy atom. The topological polar surface area (TPSA) is 61.0 Å². The lowest BCUT2D eigenvalue weighted by Crippen LogP contribution is -1.98. The van der Waals surface area contributed by atoms with Gasteiger partial charge in [-0.15, -0.1) is 0 Å². The summed E-state index contributed by atoms with van der Waals surface area (Å²) in [6, 6.07) is 7.97. The van der Waals surface area contributed by atoms with E-state index in [2.05, 4.69) is 9.97 Å². The van der Waals surface area contributed by atoms with Gasteiger partial charge in [-0.1, -0.05) is 0 Å². The summed E-state index contributed by atoms with van der Waals surface area (Å²) < 4.78 is 5.71.